The van der Waals surface area contributed by atoms with E-state index in [1.807, 2.05) is 56.9 Å². The van der Waals surface area contributed by atoms with Crippen LogP contribution in [-0.4, -0.2) is 77.9 Å². The molecule has 0 saturated heterocycles. The molecule has 1 aliphatic rings. The van der Waals surface area contributed by atoms with Gasteiger partial charge in [-0.05, 0) is 80.5 Å². The molecule has 1 aliphatic heterocycles. The van der Waals surface area contributed by atoms with Gasteiger partial charge in [-0.25, -0.2) is 4.68 Å². The van der Waals surface area contributed by atoms with Crippen LogP contribution in [0.2, 0.25) is 0 Å². The molecule has 2 aromatic carbocycles. The Morgan fingerprint density at radius 2 is 1.66 bits per heavy atom. The molecule has 11 heteroatoms. The minimum atomic E-state index is -0.432. The van der Waals surface area contributed by atoms with E-state index in [0.29, 0.717) is 66.6 Å². The number of anilines is 1. The highest BCUT2D eigenvalue weighted by Crippen LogP contribution is 2.29. The molecule has 0 aliphatic carbocycles. The maximum atomic E-state index is 14.6. The van der Waals surface area contributed by atoms with Crippen LogP contribution in [0.5, 0.6) is 0 Å². The van der Waals surface area contributed by atoms with Crippen LogP contribution in [-0.2, 0) is 19.5 Å². The average Bonchev–Trinajstić information content (AvgIpc) is 3.74. The predicted octanol–water partition coefficient (Wildman–Crippen LogP) is 6.37. The molecule has 3 amide bonds. The highest BCUT2D eigenvalue weighted by molar-refractivity contribution is 6.05. The molecule has 2 N–H and O–H groups in total. The Morgan fingerprint density at radius 3 is 2.30 bits per heavy atom. The van der Waals surface area contributed by atoms with E-state index >= 15 is 0 Å². The molecule has 5 rings (SSSR count). The van der Waals surface area contributed by atoms with E-state index in [9.17, 15) is 19.5 Å². The first-order valence-corrected chi connectivity index (χ1v) is 18.0. The van der Waals surface area contributed by atoms with E-state index < -0.39 is 6.04 Å². The van der Waals surface area contributed by atoms with E-state index in [4.69, 9.17) is 5.10 Å². The summed E-state index contributed by atoms with van der Waals surface area (Å²) >= 11 is 0. The second-order valence-corrected chi connectivity index (χ2v) is 13.4. The summed E-state index contributed by atoms with van der Waals surface area (Å²) < 4.78 is 3.31. The molecule has 0 saturated carbocycles. The SMILES string of the molecule is CCCCN(CCCC)C(=O)c1cc(C)n(-c2ccc(NC(=O)c3cc(C(C)C)nn3CC)cc2C(=O)N2Cc3ccccc3C[C@H]2CO)n1. The van der Waals surface area contributed by atoms with E-state index in [-0.39, 0.29) is 30.2 Å². The van der Waals surface area contributed by atoms with Crippen molar-refractivity contribution >= 4 is 23.4 Å². The van der Waals surface area contributed by atoms with Crippen LogP contribution in [0.4, 0.5) is 5.69 Å². The normalized spacial score (nSPS) is 14.2. The number of nitrogens with one attached hydrogen (secondary N) is 1. The second-order valence-electron chi connectivity index (χ2n) is 13.4. The topological polar surface area (TPSA) is 126 Å². The van der Waals surface area contributed by atoms with Gasteiger partial charge in [0.15, 0.2) is 5.69 Å². The summed E-state index contributed by atoms with van der Waals surface area (Å²) in [6.07, 6.45) is 4.29. The van der Waals surface area contributed by atoms with Gasteiger partial charge in [0.1, 0.15) is 5.69 Å². The third-order valence-corrected chi connectivity index (χ3v) is 9.42. The number of aromatic nitrogens is 4. The largest absolute Gasteiger partial charge is 0.394 e. The first kappa shape index (κ1) is 36.5. The number of aliphatic hydroxyl groups is 1. The Bertz CT molecular complexity index is 1820. The van der Waals surface area contributed by atoms with Crippen molar-refractivity contribution in [2.75, 3.05) is 25.0 Å². The lowest BCUT2D eigenvalue weighted by Crippen LogP contribution is -2.46. The Balaban J connectivity index is 1.55. The Kier molecular flexibility index (Phi) is 11.9. The Labute approximate surface area is 295 Å². The lowest BCUT2D eigenvalue weighted by molar-refractivity contribution is 0.0544. The van der Waals surface area contributed by atoms with Crippen LogP contribution in [0.1, 0.15) is 120 Å². The number of rotatable bonds is 14. The standard InChI is InChI=1S/C39H51N7O4/c1-7-10-18-43(19-11-8-2)39(50)34-20-27(6)46(42-34)35-17-16-30(40-37(48)36-23-33(26(4)5)41-45(36)9-3)22-32(35)38(49)44-24-29-15-13-12-14-28(29)21-31(44)25-47/h12-17,20,22-23,26,31,47H,7-11,18-19,21,24-25H2,1-6H3,(H,40,48)/t31-/m0/s1. The summed E-state index contributed by atoms with van der Waals surface area (Å²) in [6, 6.07) is 16.2. The number of amides is 3. The van der Waals surface area contributed by atoms with E-state index in [2.05, 4.69) is 24.3 Å². The lowest BCUT2D eigenvalue weighted by Gasteiger charge is -2.36. The molecule has 0 unspecified atom stereocenters. The molecule has 1 atom stereocenters. The lowest BCUT2D eigenvalue weighted by atomic mass is 9.93. The number of carbonyl (C=O) groups excluding carboxylic acids is 3. The summed E-state index contributed by atoms with van der Waals surface area (Å²) in [5, 5.41) is 22.8. The van der Waals surface area contributed by atoms with Gasteiger partial charge in [0, 0.05) is 37.6 Å². The number of fused-ring (bicyclic) bond motifs is 1. The number of aliphatic hydroxyl groups excluding tert-OH is 1. The van der Waals surface area contributed by atoms with Gasteiger partial charge in [-0.15, -0.1) is 0 Å². The van der Waals surface area contributed by atoms with Crippen molar-refractivity contribution in [3.63, 3.8) is 0 Å². The predicted molar refractivity (Wildman–Crippen MR) is 195 cm³/mol. The fraction of sp³-hybridized carbons (Fsp3) is 0.462. The average molecular weight is 682 g/mol. The van der Waals surface area contributed by atoms with Gasteiger partial charge in [0.25, 0.3) is 17.7 Å². The summed E-state index contributed by atoms with van der Waals surface area (Å²) in [7, 11) is 0. The summed E-state index contributed by atoms with van der Waals surface area (Å²) in [6.45, 7) is 14.1. The van der Waals surface area contributed by atoms with Crippen LogP contribution in [0, 0.1) is 6.92 Å². The van der Waals surface area contributed by atoms with Gasteiger partial charge in [-0.3, -0.25) is 19.1 Å². The van der Waals surface area contributed by atoms with Gasteiger partial charge in [-0.1, -0.05) is 64.8 Å². The van der Waals surface area contributed by atoms with Crippen LogP contribution in [0.25, 0.3) is 5.69 Å². The molecule has 0 fully saturated rings. The number of unbranched alkanes of at least 4 members (excludes halogenated alkanes) is 2. The first-order chi connectivity index (χ1) is 24.1. The van der Waals surface area contributed by atoms with Crippen molar-refractivity contribution in [3.05, 3.63) is 94.1 Å². The molecule has 11 nitrogen and oxygen atoms in total. The zero-order valence-electron chi connectivity index (χ0n) is 30.3. The van der Waals surface area contributed by atoms with Gasteiger partial charge < -0.3 is 20.2 Å². The van der Waals surface area contributed by atoms with Crippen LogP contribution < -0.4 is 5.32 Å². The number of nitrogens with zero attached hydrogens (tertiary/aromatic N) is 6. The minimum Gasteiger partial charge on any atom is -0.394 e. The molecule has 266 valence electrons. The molecule has 0 bridgehead atoms. The molecular formula is C39H51N7O4. The van der Waals surface area contributed by atoms with Gasteiger partial charge in [0.05, 0.1) is 29.6 Å². The van der Waals surface area contributed by atoms with E-state index in [1.165, 1.54) is 0 Å². The van der Waals surface area contributed by atoms with Crippen molar-refractivity contribution < 1.29 is 19.5 Å². The monoisotopic (exact) mass is 681 g/mol. The van der Waals surface area contributed by atoms with Crippen molar-refractivity contribution in [2.24, 2.45) is 0 Å². The van der Waals surface area contributed by atoms with Crippen LogP contribution in [0.15, 0.2) is 54.6 Å². The molecule has 0 radical (unpaired) electrons. The van der Waals surface area contributed by atoms with Crippen LogP contribution >= 0.6 is 0 Å². The fourth-order valence-electron chi connectivity index (χ4n) is 6.45. The number of aryl methyl sites for hydroxylation is 2. The van der Waals surface area contributed by atoms with Crippen molar-refractivity contribution in [3.8, 4) is 5.69 Å². The zero-order chi connectivity index (χ0) is 35.9. The molecule has 3 heterocycles. The smallest absolute Gasteiger partial charge is 0.274 e. The Hall–Kier alpha value is -4.77. The highest BCUT2D eigenvalue weighted by atomic mass is 16.3. The van der Waals surface area contributed by atoms with Gasteiger partial charge >= 0.3 is 0 Å². The van der Waals surface area contributed by atoms with Crippen molar-refractivity contribution in [1.82, 2.24) is 29.4 Å². The summed E-state index contributed by atoms with van der Waals surface area (Å²) in [5.74, 6) is -0.612. The number of benzene rings is 2. The Morgan fingerprint density at radius 1 is 0.960 bits per heavy atom. The zero-order valence-corrected chi connectivity index (χ0v) is 30.3. The van der Waals surface area contributed by atoms with Gasteiger partial charge in [0.2, 0.25) is 0 Å². The second kappa shape index (κ2) is 16.3. The number of hydrogen-bond acceptors (Lipinski definition) is 6. The molecule has 50 heavy (non-hydrogen) atoms. The summed E-state index contributed by atoms with van der Waals surface area (Å²) in [4.78, 5) is 45.5. The molecule has 0 spiro atoms. The maximum absolute atomic E-state index is 14.6. The molecule has 4 aromatic rings. The first-order valence-electron chi connectivity index (χ1n) is 18.0. The third kappa shape index (κ3) is 7.83. The van der Waals surface area contributed by atoms with Gasteiger partial charge in [-0.2, -0.15) is 10.2 Å². The maximum Gasteiger partial charge on any atom is 0.274 e. The van der Waals surface area contributed by atoms with Crippen LogP contribution in [0.3, 0.4) is 0 Å². The summed E-state index contributed by atoms with van der Waals surface area (Å²) in [5.41, 5.74) is 5.61. The molecular weight excluding hydrogens is 630 g/mol. The van der Waals surface area contributed by atoms with Crippen molar-refractivity contribution in [1.29, 1.82) is 0 Å². The fourth-order valence-corrected chi connectivity index (χ4v) is 6.45. The molecule has 2 aromatic heterocycles. The highest BCUT2D eigenvalue weighted by Gasteiger charge is 2.32. The van der Waals surface area contributed by atoms with Crippen molar-refractivity contribution in [2.45, 2.75) is 98.7 Å². The number of carbonyl (C=O) groups is 3. The minimum absolute atomic E-state index is 0.133. The quantitative estimate of drug-likeness (QED) is 0.159. The van der Waals surface area contributed by atoms with E-state index in [1.54, 1.807) is 44.6 Å². The van der Waals surface area contributed by atoms with E-state index in [0.717, 1.165) is 42.5 Å². The third-order valence-electron chi connectivity index (χ3n) is 9.42. The number of hydrogen-bond donors (Lipinski definition) is 2.